The van der Waals surface area contributed by atoms with Gasteiger partial charge in [-0.05, 0) is 6.42 Å². The number of nitrogens with one attached hydrogen (secondary N) is 1. The summed E-state index contributed by atoms with van der Waals surface area (Å²) in [6.45, 7) is 1.94. The molecule has 11 heteroatoms. The predicted octanol–water partition coefficient (Wildman–Crippen LogP) is 0.623. The average molecular weight is 373 g/mol. The summed E-state index contributed by atoms with van der Waals surface area (Å²) in [5.74, 6) is 0.422. The minimum Gasteiger partial charge on any atom is -0.387 e. The number of rotatable bonds is 5. The quantitative estimate of drug-likeness (QED) is 0.741. The van der Waals surface area contributed by atoms with Crippen LogP contribution in [-0.4, -0.2) is 57.0 Å². The Hall–Kier alpha value is -1.11. The summed E-state index contributed by atoms with van der Waals surface area (Å²) in [6.07, 6.45) is -0.0696. The molecule has 2 aromatic heterocycles. The van der Waals surface area contributed by atoms with Crippen LogP contribution in [0.1, 0.15) is 19.6 Å². The van der Waals surface area contributed by atoms with Crippen molar-refractivity contribution in [2.75, 3.05) is 19.0 Å². The number of aliphatic hydroxyl groups is 1. The monoisotopic (exact) mass is 373 g/mol. The number of anilines is 1. The van der Waals surface area contributed by atoms with Crippen LogP contribution >= 0.6 is 17.4 Å². The summed E-state index contributed by atoms with van der Waals surface area (Å²) in [6, 6.07) is 0. The maximum atomic E-state index is 12.2. The Morgan fingerprint density at radius 2 is 2.33 bits per heavy atom. The fourth-order valence-electron chi connectivity index (χ4n) is 2.80. The summed E-state index contributed by atoms with van der Waals surface area (Å²) in [4.78, 5) is 25.2. The molecule has 0 spiro atoms. The maximum Gasteiger partial charge on any atom is 0.280 e. The van der Waals surface area contributed by atoms with E-state index in [1.807, 2.05) is 6.92 Å². The Balaban J connectivity index is 2.09. The fraction of sp³-hybridized carbons (Fsp3) is 0.615. The van der Waals surface area contributed by atoms with Crippen LogP contribution in [0.4, 0.5) is 5.95 Å². The number of ether oxygens (including phenoxy) is 1. The SMILES string of the molecule is CC[C@H]1O[C@@H](n2cnc3c(=O)[nH]c(N(C)C)nc32)C(OPP)[C@H]1O. The van der Waals surface area contributed by atoms with Crippen molar-refractivity contribution in [3.05, 3.63) is 16.7 Å². The zero-order valence-electron chi connectivity index (χ0n) is 13.6. The smallest absolute Gasteiger partial charge is 0.280 e. The third kappa shape index (κ3) is 2.95. The number of fused-ring (bicyclic) bond motifs is 1. The minimum absolute atomic E-state index is 0.124. The van der Waals surface area contributed by atoms with Gasteiger partial charge in [0, 0.05) is 22.6 Å². The van der Waals surface area contributed by atoms with Crippen molar-refractivity contribution in [3.63, 3.8) is 0 Å². The molecule has 0 bridgehead atoms. The molecule has 24 heavy (non-hydrogen) atoms. The number of hydrogen-bond donors (Lipinski definition) is 2. The van der Waals surface area contributed by atoms with E-state index in [1.54, 1.807) is 23.6 Å². The molecule has 2 N–H and O–H groups in total. The minimum atomic E-state index is -0.749. The lowest BCUT2D eigenvalue weighted by atomic mass is 10.1. The standard InChI is InChI=1S/C13H21N5O4P2/c1-4-6-8(19)9(22-24-23)12(21-6)18-5-14-7-10(18)15-13(17(2)3)16-11(7)20/h5-6,8-9,12,19,24H,4,23H2,1-3H3,(H,15,16,20)/t6-,8+,9?,12-/m1/s1. The topological polar surface area (TPSA) is 106 Å². The summed E-state index contributed by atoms with van der Waals surface area (Å²) < 4.78 is 13.3. The largest absolute Gasteiger partial charge is 0.387 e. The molecule has 1 aliphatic rings. The normalized spacial score (nSPS) is 27.5. The number of aliphatic hydroxyl groups excluding tert-OH is 1. The molecule has 0 aromatic carbocycles. The molecular weight excluding hydrogens is 352 g/mol. The molecule has 6 atom stereocenters. The molecule has 132 valence electrons. The van der Waals surface area contributed by atoms with Crippen LogP contribution in [0, 0.1) is 0 Å². The first-order valence-corrected chi connectivity index (χ1v) is 10.3. The van der Waals surface area contributed by atoms with Crippen LogP contribution in [0.5, 0.6) is 0 Å². The van der Waals surface area contributed by atoms with E-state index >= 15 is 0 Å². The Morgan fingerprint density at radius 1 is 1.58 bits per heavy atom. The van der Waals surface area contributed by atoms with Gasteiger partial charge in [0.25, 0.3) is 5.56 Å². The summed E-state index contributed by atoms with van der Waals surface area (Å²) in [7, 11) is 6.19. The first kappa shape index (κ1) is 17.7. The number of H-pyrrole nitrogens is 1. The van der Waals surface area contributed by atoms with Gasteiger partial charge in [0.2, 0.25) is 5.95 Å². The highest BCUT2D eigenvalue weighted by Crippen LogP contribution is 2.39. The van der Waals surface area contributed by atoms with Gasteiger partial charge in [-0.3, -0.25) is 14.3 Å². The highest BCUT2D eigenvalue weighted by molar-refractivity contribution is 8.00. The molecule has 3 unspecified atom stereocenters. The number of hydrogen-bond acceptors (Lipinski definition) is 7. The average Bonchev–Trinajstić information content (AvgIpc) is 3.10. The van der Waals surface area contributed by atoms with Crippen molar-refractivity contribution >= 4 is 34.5 Å². The second kappa shape index (κ2) is 7.02. The lowest BCUT2D eigenvalue weighted by molar-refractivity contribution is -0.0280. The Bertz CT molecular complexity index is 779. The first-order valence-electron chi connectivity index (χ1n) is 7.56. The van der Waals surface area contributed by atoms with Gasteiger partial charge in [-0.1, -0.05) is 15.9 Å². The molecule has 0 amide bonds. The summed E-state index contributed by atoms with van der Waals surface area (Å²) in [5, 5.41) is 10.4. The van der Waals surface area contributed by atoms with Crippen molar-refractivity contribution in [1.29, 1.82) is 0 Å². The van der Waals surface area contributed by atoms with Gasteiger partial charge < -0.3 is 19.3 Å². The molecule has 1 fully saturated rings. The van der Waals surface area contributed by atoms with Gasteiger partial charge in [0.1, 0.15) is 12.2 Å². The molecule has 3 rings (SSSR count). The second-order valence-electron chi connectivity index (χ2n) is 5.77. The molecular formula is C13H21N5O4P2. The van der Waals surface area contributed by atoms with Crippen LogP contribution in [0.2, 0.25) is 0 Å². The van der Waals surface area contributed by atoms with Gasteiger partial charge in [-0.25, -0.2) is 4.98 Å². The van der Waals surface area contributed by atoms with E-state index in [2.05, 4.69) is 23.9 Å². The van der Waals surface area contributed by atoms with Crippen molar-refractivity contribution < 1.29 is 14.4 Å². The van der Waals surface area contributed by atoms with Crippen LogP contribution < -0.4 is 10.5 Å². The van der Waals surface area contributed by atoms with Crippen LogP contribution in [-0.2, 0) is 9.26 Å². The van der Waals surface area contributed by atoms with E-state index in [-0.39, 0.29) is 25.7 Å². The van der Waals surface area contributed by atoms with Crippen molar-refractivity contribution in [1.82, 2.24) is 19.5 Å². The van der Waals surface area contributed by atoms with Gasteiger partial charge in [-0.15, -0.1) is 0 Å². The predicted molar refractivity (Wildman–Crippen MR) is 95.6 cm³/mol. The summed E-state index contributed by atoms with van der Waals surface area (Å²) in [5.41, 5.74) is 0.307. The van der Waals surface area contributed by atoms with Gasteiger partial charge >= 0.3 is 0 Å². The second-order valence-corrected chi connectivity index (χ2v) is 6.95. The first-order chi connectivity index (χ1) is 11.5. The number of aromatic nitrogens is 4. The fourth-order valence-corrected chi connectivity index (χ4v) is 3.68. The van der Waals surface area contributed by atoms with Gasteiger partial charge in [0.05, 0.1) is 12.4 Å². The van der Waals surface area contributed by atoms with Gasteiger partial charge in [-0.2, -0.15) is 4.98 Å². The molecule has 0 saturated carbocycles. The third-order valence-corrected chi connectivity index (χ3v) is 4.85. The molecule has 1 aliphatic heterocycles. The van der Waals surface area contributed by atoms with E-state index in [0.29, 0.717) is 18.0 Å². The van der Waals surface area contributed by atoms with Crippen molar-refractivity contribution in [2.45, 2.75) is 37.9 Å². The zero-order valence-corrected chi connectivity index (χ0v) is 15.8. The van der Waals surface area contributed by atoms with Crippen LogP contribution in [0.15, 0.2) is 11.1 Å². The van der Waals surface area contributed by atoms with Gasteiger partial charge in [0.15, 0.2) is 17.4 Å². The number of imidazole rings is 1. The maximum absolute atomic E-state index is 12.2. The Kier molecular flexibility index (Phi) is 5.18. The third-order valence-electron chi connectivity index (χ3n) is 4.04. The highest BCUT2D eigenvalue weighted by Gasteiger charge is 2.45. The Labute approximate surface area is 142 Å². The number of nitrogens with zero attached hydrogens (tertiary/aromatic N) is 4. The molecule has 0 radical (unpaired) electrons. The summed E-state index contributed by atoms with van der Waals surface area (Å²) >= 11 is 0. The van der Waals surface area contributed by atoms with E-state index in [0.717, 1.165) is 0 Å². The molecule has 3 heterocycles. The zero-order chi connectivity index (χ0) is 17.4. The molecule has 2 aromatic rings. The van der Waals surface area contributed by atoms with E-state index in [4.69, 9.17) is 9.26 Å². The lowest BCUT2D eigenvalue weighted by Gasteiger charge is -2.21. The van der Waals surface area contributed by atoms with E-state index < -0.39 is 18.4 Å². The number of aromatic amines is 1. The molecule has 0 aliphatic carbocycles. The van der Waals surface area contributed by atoms with Crippen molar-refractivity contribution in [3.8, 4) is 0 Å². The lowest BCUT2D eigenvalue weighted by Crippen LogP contribution is -2.32. The molecule has 9 nitrogen and oxygen atoms in total. The highest BCUT2D eigenvalue weighted by atomic mass is 32.0. The van der Waals surface area contributed by atoms with E-state index in [9.17, 15) is 9.90 Å². The van der Waals surface area contributed by atoms with E-state index in [1.165, 1.54) is 6.33 Å². The Morgan fingerprint density at radius 3 is 2.96 bits per heavy atom. The molecule has 1 saturated heterocycles. The van der Waals surface area contributed by atoms with Crippen LogP contribution in [0.3, 0.4) is 0 Å². The van der Waals surface area contributed by atoms with Crippen molar-refractivity contribution in [2.24, 2.45) is 0 Å². The van der Waals surface area contributed by atoms with Crippen LogP contribution in [0.25, 0.3) is 11.2 Å².